The zero-order chi connectivity index (χ0) is 15.5. The van der Waals surface area contributed by atoms with Crippen molar-refractivity contribution in [3.8, 4) is 0 Å². The van der Waals surface area contributed by atoms with Crippen LogP contribution >= 0.6 is 12.4 Å². The van der Waals surface area contributed by atoms with E-state index in [1.165, 1.54) is 0 Å². The van der Waals surface area contributed by atoms with Gasteiger partial charge in [-0.05, 0) is 37.0 Å². The molecule has 0 aromatic heterocycles. The van der Waals surface area contributed by atoms with Crippen molar-refractivity contribution in [2.24, 2.45) is 0 Å². The van der Waals surface area contributed by atoms with Gasteiger partial charge >= 0.3 is 6.18 Å². The van der Waals surface area contributed by atoms with E-state index in [2.05, 4.69) is 10.2 Å². The zero-order valence-electron chi connectivity index (χ0n) is 13.0. The van der Waals surface area contributed by atoms with Gasteiger partial charge in [-0.25, -0.2) is 0 Å². The molecule has 1 N–H and O–H groups in total. The molecule has 1 atom stereocenters. The number of hydrogen-bond acceptors (Lipinski definition) is 2. The number of nitrogens with zero attached hydrogens (tertiary/aromatic N) is 1. The van der Waals surface area contributed by atoms with Gasteiger partial charge in [-0.15, -0.1) is 12.4 Å². The third-order valence-corrected chi connectivity index (χ3v) is 4.17. The number of aryl methyl sites for hydroxylation is 2. The zero-order valence-corrected chi connectivity index (χ0v) is 13.9. The van der Waals surface area contributed by atoms with Gasteiger partial charge in [0.05, 0.1) is 0 Å². The summed E-state index contributed by atoms with van der Waals surface area (Å²) in [6.45, 7) is 7.27. The van der Waals surface area contributed by atoms with Crippen LogP contribution in [-0.2, 0) is 0 Å². The maximum atomic E-state index is 12.7. The minimum Gasteiger partial charge on any atom is -0.314 e. The highest BCUT2D eigenvalue weighted by Crippen LogP contribution is 2.34. The second-order valence-corrected chi connectivity index (χ2v) is 5.76. The molecule has 1 fully saturated rings. The van der Waals surface area contributed by atoms with Crippen molar-refractivity contribution in [3.05, 3.63) is 34.9 Å². The van der Waals surface area contributed by atoms with Crippen LogP contribution in [0.1, 0.15) is 35.6 Å². The highest BCUT2D eigenvalue weighted by atomic mass is 35.5. The van der Waals surface area contributed by atoms with Crippen LogP contribution in [0.2, 0.25) is 0 Å². The molecule has 1 saturated heterocycles. The molecule has 1 heterocycles. The number of rotatable bonds is 4. The van der Waals surface area contributed by atoms with Gasteiger partial charge < -0.3 is 5.32 Å². The molecule has 1 aromatic carbocycles. The molecular weight excluding hydrogens is 313 g/mol. The first-order chi connectivity index (χ1) is 9.88. The predicted octanol–water partition coefficient (Wildman–Crippen LogP) is 4.01. The Morgan fingerprint density at radius 1 is 1.14 bits per heavy atom. The monoisotopic (exact) mass is 336 g/mol. The minimum absolute atomic E-state index is 0. The molecule has 6 heteroatoms. The Bertz CT molecular complexity index is 451. The average molecular weight is 337 g/mol. The maximum Gasteiger partial charge on any atom is 0.389 e. The Labute approximate surface area is 136 Å². The average Bonchev–Trinajstić information content (AvgIpc) is 2.42. The lowest BCUT2D eigenvalue weighted by atomic mass is 9.91. The summed E-state index contributed by atoms with van der Waals surface area (Å²) in [5.41, 5.74) is 3.24. The molecule has 2 nitrogen and oxygen atoms in total. The first-order valence-electron chi connectivity index (χ1n) is 7.46. The van der Waals surface area contributed by atoms with Crippen molar-refractivity contribution in [1.29, 1.82) is 0 Å². The van der Waals surface area contributed by atoms with Crippen molar-refractivity contribution in [1.82, 2.24) is 10.2 Å². The van der Waals surface area contributed by atoms with E-state index in [0.29, 0.717) is 0 Å². The van der Waals surface area contributed by atoms with Crippen LogP contribution in [-0.4, -0.2) is 37.3 Å². The van der Waals surface area contributed by atoms with E-state index in [9.17, 15) is 13.2 Å². The number of halogens is 4. The van der Waals surface area contributed by atoms with Gasteiger partial charge in [-0.1, -0.05) is 18.2 Å². The second-order valence-electron chi connectivity index (χ2n) is 5.76. The lowest BCUT2D eigenvalue weighted by Gasteiger charge is -2.37. The fourth-order valence-electron chi connectivity index (χ4n) is 3.16. The highest BCUT2D eigenvalue weighted by Gasteiger charge is 2.32. The molecule has 22 heavy (non-hydrogen) atoms. The quantitative estimate of drug-likeness (QED) is 0.893. The van der Waals surface area contributed by atoms with Gasteiger partial charge in [0.1, 0.15) is 0 Å². The Hall–Kier alpha value is -0.780. The van der Waals surface area contributed by atoms with Crippen LogP contribution in [0.25, 0.3) is 0 Å². The predicted molar refractivity (Wildman–Crippen MR) is 85.6 cm³/mol. The molecule has 0 bridgehead atoms. The summed E-state index contributed by atoms with van der Waals surface area (Å²) in [6.07, 6.45) is -4.69. The summed E-state index contributed by atoms with van der Waals surface area (Å²) in [4.78, 5) is 2.19. The summed E-state index contributed by atoms with van der Waals surface area (Å²) < 4.78 is 38.0. The Balaban J connectivity index is 0.00000242. The molecule has 1 aliphatic rings. The van der Waals surface area contributed by atoms with Gasteiger partial charge in [-0.2, -0.15) is 13.2 Å². The van der Waals surface area contributed by atoms with Gasteiger partial charge in [0, 0.05) is 38.6 Å². The molecule has 2 rings (SSSR count). The summed E-state index contributed by atoms with van der Waals surface area (Å²) in [7, 11) is 0. The van der Waals surface area contributed by atoms with Gasteiger partial charge in [0.25, 0.3) is 0 Å². The van der Waals surface area contributed by atoms with Gasteiger partial charge in [0.2, 0.25) is 0 Å². The van der Waals surface area contributed by atoms with Crippen molar-refractivity contribution in [2.45, 2.75) is 38.9 Å². The fourth-order valence-corrected chi connectivity index (χ4v) is 3.16. The molecule has 1 aromatic rings. The summed E-state index contributed by atoms with van der Waals surface area (Å²) in [5, 5.41) is 3.26. The lowest BCUT2D eigenvalue weighted by molar-refractivity contribution is -0.138. The van der Waals surface area contributed by atoms with Crippen LogP contribution in [0.15, 0.2) is 18.2 Å². The summed E-state index contributed by atoms with van der Waals surface area (Å²) in [5.74, 6) is 0. The number of hydrogen-bond donors (Lipinski definition) is 1. The SMILES string of the molecule is Cc1cccc(C)c1[C@H](CCC(F)(F)F)N1CCNCC1.Cl. The van der Waals surface area contributed by atoms with Crippen molar-refractivity contribution >= 4 is 12.4 Å². The van der Waals surface area contributed by atoms with E-state index in [-0.39, 0.29) is 24.9 Å². The first-order valence-corrected chi connectivity index (χ1v) is 7.46. The number of alkyl halides is 3. The Kier molecular flexibility index (Phi) is 7.16. The molecular formula is C16H24ClF3N2. The van der Waals surface area contributed by atoms with Gasteiger partial charge in [-0.3, -0.25) is 4.90 Å². The van der Waals surface area contributed by atoms with Gasteiger partial charge in [0.15, 0.2) is 0 Å². The van der Waals surface area contributed by atoms with Crippen LogP contribution in [0.5, 0.6) is 0 Å². The highest BCUT2D eigenvalue weighted by molar-refractivity contribution is 5.85. The largest absolute Gasteiger partial charge is 0.389 e. The Morgan fingerprint density at radius 2 is 1.68 bits per heavy atom. The van der Waals surface area contributed by atoms with Crippen LogP contribution in [0, 0.1) is 13.8 Å². The molecule has 0 aliphatic carbocycles. The van der Waals surface area contributed by atoms with E-state index in [1.54, 1.807) is 0 Å². The Morgan fingerprint density at radius 3 is 2.18 bits per heavy atom. The van der Waals surface area contributed by atoms with Crippen molar-refractivity contribution in [3.63, 3.8) is 0 Å². The van der Waals surface area contributed by atoms with Crippen molar-refractivity contribution in [2.75, 3.05) is 26.2 Å². The van der Waals surface area contributed by atoms with E-state index in [4.69, 9.17) is 0 Å². The first kappa shape index (κ1) is 19.3. The molecule has 126 valence electrons. The second kappa shape index (κ2) is 8.18. The van der Waals surface area contributed by atoms with E-state index < -0.39 is 12.6 Å². The van der Waals surface area contributed by atoms with E-state index >= 15 is 0 Å². The summed E-state index contributed by atoms with van der Waals surface area (Å²) in [6, 6.07) is 5.80. The topological polar surface area (TPSA) is 15.3 Å². The van der Waals surface area contributed by atoms with Crippen LogP contribution in [0.4, 0.5) is 13.2 Å². The minimum atomic E-state index is -4.09. The maximum absolute atomic E-state index is 12.7. The summed E-state index contributed by atoms with van der Waals surface area (Å²) >= 11 is 0. The molecule has 0 radical (unpaired) electrons. The smallest absolute Gasteiger partial charge is 0.314 e. The number of benzene rings is 1. The molecule has 0 amide bonds. The van der Waals surface area contributed by atoms with E-state index in [1.807, 2.05) is 32.0 Å². The lowest BCUT2D eigenvalue weighted by Crippen LogP contribution is -2.45. The third-order valence-electron chi connectivity index (χ3n) is 4.17. The molecule has 0 unspecified atom stereocenters. The molecule has 1 aliphatic heterocycles. The normalized spacial score (nSPS) is 17.9. The van der Waals surface area contributed by atoms with Crippen LogP contribution < -0.4 is 5.32 Å². The van der Waals surface area contributed by atoms with Crippen LogP contribution in [0.3, 0.4) is 0 Å². The van der Waals surface area contributed by atoms with Crippen molar-refractivity contribution < 1.29 is 13.2 Å². The van der Waals surface area contributed by atoms with E-state index in [0.717, 1.165) is 42.9 Å². The number of piperazine rings is 1. The molecule has 0 saturated carbocycles. The third kappa shape index (κ3) is 5.14. The fraction of sp³-hybridized carbons (Fsp3) is 0.625. The standard InChI is InChI=1S/C16H23F3N2.ClH/c1-12-4-3-5-13(2)15(12)14(6-7-16(17,18)19)21-10-8-20-9-11-21;/h3-5,14,20H,6-11H2,1-2H3;1H/t14-;/m0./s1. The number of nitrogens with one attached hydrogen (secondary N) is 1. The molecule has 0 spiro atoms.